The van der Waals surface area contributed by atoms with Crippen molar-refractivity contribution < 1.29 is 13.2 Å². The third-order valence-electron chi connectivity index (χ3n) is 4.80. The predicted octanol–water partition coefficient (Wildman–Crippen LogP) is 3.09. The van der Waals surface area contributed by atoms with Gasteiger partial charge < -0.3 is 10.6 Å². The second kappa shape index (κ2) is 6.73. The van der Waals surface area contributed by atoms with Crippen LogP contribution in [0.3, 0.4) is 0 Å². The molecule has 4 heterocycles. The molecule has 0 amide bonds. The van der Waals surface area contributed by atoms with Crippen LogP contribution in [-0.2, 0) is 5.41 Å². The Morgan fingerprint density at radius 1 is 1.14 bits per heavy atom. The number of anilines is 1. The molecule has 1 aliphatic rings. The summed E-state index contributed by atoms with van der Waals surface area (Å²) in [4.78, 5) is 12.8. The zero-order chi connectivity index (χ0) is 20.1. The molecule has 3 aromatic rings. The molecular formula is C19H21F3N6. The van der Waals surface area contributed by atoms with Gasteiger partial charge in [0.15, 0.2) is 23.1 Å². The minimum atomic E-state index is -1.18. The Kier molecular flexibility index (Phi) is 4.49. The number of hydrogen-bond acceptors (Lipinski definition) is 5. The molecule has 6 nitrogen and oxygen atoms in total. The first-order chi connectivity index (χ1) is 13.2. The third-order valence-corrected chi connectivity index (χ3v) is 4.80. The molecule has 4 rings (SSSR count). The number of hydrogen-bond donors (Lipinski definition) is 2. The maximum Gasteiger partial charge on any atom is 0.168 e. The predicted molar refractivity (Wildman–Crippen MR) is 100 cm³/mol. The van der Waals surface area contributed by atoms with Gasteiger partial charge in [0.25, 0.3) is 0 Å². The van der Waals surface area contributed by atoms with Crippen LogP contribution in [0.4, 0.5) is 19.0 Å². The quantitative estimate of drug-likeness (QED) is 0.720. The van der Waals surface area contributed by atoms with Gasteiger partial charge in [-0.05, 0) is 0 Å². The van der Waals surface area contributed by atoms with Crippen molar-refractivity contribution in [2.75, 3.05) is 18.4 Å². The smallest absolute Gasteiger partial charge is 0.168 e. The molecule has 0 unspecified atom stereocenters. The van der Waals surface area contributed by atoms with E-state index in [1.165, 1.54) is 6.20 Å². The molecule has 28 heavy (non-hydrogen) atoms. The number of aromatic nitrogens is 4. The molecule has 0 bridgehead atoms. The Balaban J connectivity index is 1.79. The number of nitrogens with one attached hydrogen (secondary N) is 2. The third kappa shape index (κ3) is 3.30. The first-order valence-electron chi connectivity index (χ1n) is 9.05. The topological polar surface area (TPSA) is 67.1 Å². The van der Waals surface area contributed by atoms with Crippen molar-refractivity contribution in [1.82, 2.24) is 24.7 Å². The summed E-state index contributed by atoms with van der Waals surface area (Å²) in [6, 6.07) is 0.130. The van der Waals surface area contributed by atoms with Gasteiger partial charge >= 0.3 is 0 Å². The number of halogens is 3. The summed E-state index contributed by atoms with van der Waals surface area (Å²) in [6.07, 6.45) is 3.66. The standard InChI is InChI=1S/C19H21F3N6/c1-19(2,3)15-9-28-14(7-25-16(28)8-24-15)17-10(20)4-11(21)18(27-17)26-13-6-23-5-12(13)22/h4,7-9,12-13,23H,5-6H2,1-3H3,(H,26,27)/t12-,13-/m0/s1. The fraction of sp³-hybridized carbons (Fsp3) is 0.421. The van der Waals surface area contributed by atoms with Gasteiger partial charge in [-0.2, -0.15) is 0 Å². The van der Waals surface area contributed by atoms with Crippen LogP contribution in [0.1, 0.15) is 26.5 Å². The molecule has 0 aromatic carbocycles. The summed E-state index contributed by atoms with van der Waals surface area (Å²) in [5, 5.41) is 5.62. The largest absolute Gasteiger partial charge is 0.361 e. The van der Waals surface area contributed by atoms with Gasteiger partial charge in [-0.15, -0.1) is 0 Å². The Morgan fingerprint density at radius 3 is 2.61 bits per heavy atom. The number of fused-ring (bicyclic) bond motifs is 1. The highest BCUT2D eigenvalue weighted by Crippen LogP contribution is 2.28. The summed E-state index contributed by atoms with van der Waals surface area (Å²) in [5.74, 6) is -1.88. The monoisotopic (exact) mass is 390 g/mol. The molecule has 0 saturated carbocycles. The number of nitrogens with zero attached hydrogens (tertiary/aromatic N) is 4. The lowest BCUT2D eigenvalue weighted by atomic mass is 9.93. The van der Waals surface area contributed by atoms with Crippen molar-refractivity contribution in [3.8, 4) is 11.4 Å². The van der Waals surface area contributed by atoms with Crippen LogP contribution < -0.4 is 10.6 Å². The van der Waals surface area contributed by atoms with E-state index in [4.69, 9.17) is 0 Å². The van der Waals surface area contributed by atoms with Crippen LogP contribution in [0.15, 0.2) is 24.7 Å². The molecule has 0 radical (unpaired) electrons. The summed E-state index contributed by atoms with van der Waals surface area (Å²) in [7, 11) is 0. The van der Waals surface area contributed by atoms with Gasteiger partial charge in [0.05, 0.1) is 29.8 Å². The van der Waals surface area contributed by atoms with E-state index in [1.807, 2.05) is 20.8 Å². The molecule has 1 saturated heterocycles. The maximum absolute atomic E-state index is 14.6. The number of alkyl halides is 1. The average molecular weight is 390 g/mol. The van der Waals surface area contributed by atoms with Gasteiger partial charge in [-0.3, -0.25) is 9.38 Å². The van der Waals surface area contributed by atoms with E-state index in [0.29, 0.717) is 17.9 Å². The SMILES string of the molecule is CC(C)(C)c1cn2c(-c3nc(N[C@H]4CNC[C@@H]4F)c(F)cc3F)cnc2cn1. The lowest BCUT2D eigenvalue weighted by Gasteiger charge is -2.18. The lowest BCUT2D eigenvalue weighted by Crippen LogP contribution is -2.30. The molecule has 148 valence electrons. The van der Waals surface area contributed by atoms with Crippen molar-refractivity contribution in [3.63, 3.8) is 0 Å². The van der Waals surface area contributed by atoms with Crippen LogP contribution in [0.25, 0.3) is 17.0 Å². The molecule has 9 heteroatoms. The van der Waals surface area contributed by atoms with E-state index in [-0.39, 0.29) is 23.5 Å². The molecule has 3 aromatic heterocycles. The van der Waals surface area contributed by atoms with E-state index in [2.05, 4.69) is 25.6 Å². The Bertz CT molecular complexity index is 1030. The number of rotatable bonds is 3. The Morgan fingerprint density at radius 2 is 1.93 bits per heavy atom. The fourth-order valence-corrected chi connectivity index (χ4v) is 3.16. The highest BCUT2D eigenvalue weighted by molar-refractivity contribution is 5.62. The molecular weight excluding hydrogens is 369 g/mol. The summed E-state index contributed by atoms with van der Waals surface area (Å²) in [6.45, 7) is 6.56. The molecule has 0 spiro atoms. The highest BCUT2D eigenvalue weighted by atomic mass is 19.1. The van der Waals surface area contributed by atoms with E-state index >= 15 is 0 Å². The van der Waals surface area contributed by atoms with E-state index in [9.17, 15) is 13.2 Å². The second-order valence-electron chi connectivity index (χ2n) is 7.97. The van der Waals surface area contributed by atoms with Gasteiger partial charge in [0.1, 0.15) is 11.9 Å². The molecule has 1 fully saturated rings. The van der Waals surface area contributed by atoms with Crippen LogP contribution in [-0.4, -0.2) is 44.7 Å². The van der Waals surface area contributed by atoms with Gasteiger partial charge in [0.2, 0.25) is 0 Å². The van der Waals surface area contributed by atoms with E-state index < -0.39 is 23.8 Å². The van der Waals surface area contributed by atoms with E-state index in [0.717, 1.165) is 11.8 Å². The lowest BCUT2D eigenvalue weighted by molar-refractivity contribution is 0.341. The van der Waals surface area contributed by atoms with Gasteiger partial charge in [0, 0.05) is 30.8 Å². The normalized spacial score (nSPS) is 20.1. The Hall–Kier alpha value is -2.68. The van der Waals surface area contributed by atoms with Gasteiger partial charge in [-0.25, -0.2) is 23.1 Å². The van der Waals surface area contributed by atoms with Crippen LogP contribution >= 0.6 is 0 Å². The summed E-state index contributed by atoms with van der Waals surface area (Å²) < 4.78 is 44.3. The average Bonchev–Trinajstić information content (AvgIpc) is 3.22. The number of pyridine rings is 1. The summed E-state index contributed by atoms with van der Waals surface area (Å²) >= 11 is 0. The number of imidazole rings is 1. The molecule has 2 N–H and O–H groups in total. The van der Waals surface area contributed by atoms with Crippen molar-refractivity contribution in [3.05, 3.63) is 42.0 Å². The zero-order valence-corrected chi connectivity index (χ0v) is 15.8. The second-order valence-corrected chi connectivity index (χ2v) is 7.97. The highest BCUT2D eigenvalue weighted by Gasteiger charge is 2.28. The van der Waals surface area contributed by atoms with Crippen molar-refractivity contribution >= 4 is 11.5 Å². The molecule has 0 aliphatic carbocycles. The first-order valence-corrected chi connectivity index (χ1v) is 9.05. The fourth-order valence-electron chi connectivity index (χ4n) is 3.16. The van der Waals surface area contributed by atoms with Crippen LogP contribution in [0.2, 0.25) is 0 Å². The zero-order valence-electron chi connectivity index (χ0n) is 15.8. The van der Waals surface area contributed by atoms with Crippen LogP contribution in [0, 0.1) is 11.6 Å². The van der Waals surface area contributed by atoms with Crippen molar-refractivity contribution in [2.24, 2.45) is 0 Å². The van der Waals surface area contributed by atoms with Crippen molar-refractivity contribution in [1.29, 1.82) is 0 Å². The maximum atomic E-state index is 14.6. The molecule has 2 atom stereocenters. The Labute approximate surface area is 160 Å². The minimum absolute atomic E-state index is 0.0659. The van der Waals surface area contributed by atoms with Crippen LogP contribution in [0.5, 0.6) is 0 Å². The summed E-state index contributed by atoms with van der Waals surface area (Å²) in [5.41, 5.74) is 1.39. The molecule has 1 aliphatic heterocycles. The van der Waals surface area contributed by atoms with Gasteiger partial charge in [-0.1, -0.05) is 20.8 Å². The van der Waals surface area contributed by atoms with Crippen molar-refractivity contribution in [2.45, 2.75) is 38.4 Å². The first kappa shape index (κ1) is 18.7. The minimum Gasteiger partial charge on any atom is -0.361 e. The van der Waals surface area contributed by atoms with E-state index in [1.54, 1.807) is 16.8 Å².